The van der Waals surface area contributed by atoms with Gasteiger partial charge in [-0.1, -0.05) is 40.2 Å². The Hall–Kier alpha value is -1.73. The van der Waals surface area contributed by atoms with Gasteiger partial charge >= 0.3 is 0 Å². The largest absolute Gasteiger partial charge is 0.349 e. The van der Waals surface area contributed by atoms with E-state index >= 15 is 0 Å². The van der Waals surface area contributed by atoms with E-state index in [0.29, 0.717) is 22.0 Å². The van der Waals surface area contributed by atoms with E-state index in [1.807, 2.05) is 0 Å². The molecule has 1 aliphatic heterocycles. The minimum atomic E-state index is -3.28. The normalized spacial score (nSPS) is 18.4. The maximum atomic E-state index is 13.8. The summed E-state index contributed by atoms with van der Waals surface area (Å²) in [5, 5.41) is 2.88. The van der Waals surface area contributed by atoms with Crippen LogP contribution >= 0.6 is 15.9 Å². The van der Waals surface area contributed by atoms with E-state index in [0.717, 1.165) is 0 Å². The summed E-state index contributed by atoms with van der Waals surface area (Å²) >= 11 is 3.20. The Labute approximate surface area is 154 Å². The first kappa shape index (κ1) is 18.1. The molecule has 2 aromatic carbocycles. The van der Waals surface area contributed by atoms with Crippen molar-refractivity contribution in [3.8, 4) is 0 Å². The number of hydrogen-bond donors (Lipinski definition) is 1. The van der Waals surface area contributed by atoms with Crippen LogP contribution in [0.1, 0.15) is 30.0 Å². The SMILES string of the molecule is O=C(CCc1ccc(Br)cc1F)NC1CCS(=O)(=O)c2ccccc21. The van der Waals surface area contributed by atoms with E-state index in [2.05, 4.69) is 21.2 Å². The standard InChI is InChI=1S/C18H17BrFNO3S/c19-13-7-5-12(15(20)11-13)6-8-18(22)21-16-9-10-25(23,24)17-4-2-1-3-14(16)17/h1-5,7,11,16H,6,8-10H2,(H,21,22). The van der Waals surface area contributed by atoms with E-state index in [4.69, 9.17) is 0 Å². The Bertz CT molecular complexity index is 914. The van der Waals surface area contributed by atoms with Gasteiger partial charge in [0.25, 0.3) is 0 Å². The summed E-state index contributed by atoms with van der Waals surface area (Å²) in [4.78, 5) is 12.5. The molecule has 0 saturated carbocycles. The fourth-order valence-corrected chi connectivity index (χ4v) is 4.93. The first-order chi connectivity index (χ1) is 11.9. The van der Waals surface area contributed by atoms with Gasteiger partial charge in [-0.2, -0.15) is 0 Å². The molecule has 0 radical (unpaired) electrons. The van der Waals surface area contributed by atoms with Crippen LogP contribution in [0.4, 0.5) is 4.39 Å². The summed E-state index contributed by atoms with van der Waals surface area (Å²) in [6.45, 7) is 0. The number of rotatable bonds is 4. The molecule has 1 unspecified atom stereocenters. The molecule has 0 aliphatic carbocycles. The Morgan fingerprint density at radius 2 is 2.00 bits per heavy atom. The second-order valence-corrected chi connectivity index (χ2v) is 8.99. The lowest BCUT2D eigenvalue weighted by atomic mass is 10.0. The number of carbonyl (C=O) groups excluding carboxylic acids is 1. The second-order valence-electron chi connectivity index (χ2n) is 6.00. The molecule has 7 heteroatoms. The van der Waals surface area contributed by atoms with Crippen LogP contribution in [0.25, 0.3) is 0 Å². The molecule has 1 aliphatic rings. The molecular formula is C18H17BrFNO3S. The first-order valence-electron chi connectivity index (χ1n) is 7.92. The quantitative estimate of drug-likeness (QED) is 0.814. The van der Waals surface area contributed by atoms with Gasteiger partial charge in [-0.25, -0.2) is 12.8 Å². The van der Waals surface area contributed by atoms with Gasteiger partial charge in [-0.3, -0.25) is 4.79 Å². The highest BCUT2D eigenvalue weighted by atomic mass is 79.9. The van der Waals surface area contributed by atoms with Crippen LogP contribution in [0.5, 0.6) is 0 Å². The molecule has 1 heterocycles. The summed E-state index contributed by atoms with van der Waals surface area (Å²) in [7, 11) is -3.28. The maximum absolute atomic E-state index is 13.8. The van der Waals surface area contributed by atoms with Crippen LogP contribution in [-0.2, 0) is 21.1 Å². The van der Waals surface area contributed by atoms with Crippen molar-refractivity contribution in [1.82, 2.24) is 5.32 Å². The van der Waals surface area contributed by atoms with Gasteiger partial charge in [0.15, 0.2) is 9.84 Å². The zero-order valence-corrected chi connectivity index (χ0v) is 15.7. The van der Waals surface area contributed by atoms with E-state index in [-0.39, 0.29) is 41.3 Å². The number of halogens is 2. The van der Waals surface area contributed by atoms with Crippen LogP contribution < -0.4 is 5.32 Å². The highest BCUT2D eigenvalue weighted by Crippen LogP contribution is 2.31. The molecule has 2 aromatic rings. The highest BCUT2D eigenvalue weighted by Gasteiger charge is 2.30. The lowest BCUT2D eigenvalue weighted by Gasteiger charge is -2.26. The number of benzene rings is 2. The minimum absolute atomic E-state index is 0.0102. The lowest BCUT2D eigenvalue weighted by molar-refractivity contribution is -0.121. The summed E-state index contributed by atoms with van der Waals surface area (Å²) in [6.07, 6.45) is 0.777. The Morgan fingerprint density at radius 1 is 1.24 bits per heavy atom. The molecular weight excluding hydrogens is 409 g/mol. The molecule has 132 valence electrons. The number of fused-ring (bicyclic) bond motifs is 1. The van der Waals surface area contributed by atoms with Gasteiger partial charge in [0.1, 0.15) is 5.82 Å². The van der Waals surface area contributed by atoms with Crippen molar-refractivity contribution in [1.29, 1.82) is 0 Å². The third-order valence-corrected chi connectivity index (χ3v) is 6.58. The van der Waals surface area contributed by atoms with Crippen molar-refractivity contribution in [3.63, 3.8) is 0 Å². The third kappa shape index (κ3) is 4.10. The van der Waals surface area contributed by atoms with Gasteiger partial charge < -0.3 is 5.32 Å². The molecule has 1 amide bonds. The molecule has 0 spiro atoms. The van der Waals surface area contributed by atoms with E-state index < -0.39 is 9.84 Å². The molecule has 0 bridgehead atoms. The number of hydrogen-bond acceptors (Lipinski definition) is 3. The fourth-order valence-electron chi connectivity index (χ4n) is 2.98. The predicted octanol–water partition coefficient (Wildman–Crippen LogP) is 3.56. The molecule has 0 fully saturated rings. The molecule has 1 atom stereocenters. The van der Waals surface area contributed by atoms with Gasteiger partial charge in [0.05, 0.1) is 16.7 Å². The zero-order chi connectivity index (χ0) is 18.0. The van der Waals surface area contributed by atoms with Gasteiger partial charge in [-0.05, 0) is 42.2 Å². The van der Waals surface area contributed by atoms with Crippen molar-refractivity contribution in [3.05, 3.63) is 63.9 Å². The van der Waals surface area contributed by atoms with Crippen LogP contribution in [0.3, 0.4) is 0 Å². The van der Waals surface area contributed by atoms with E-state index in [9.17, 15) is 17.6 Å². The minimum Gasteiger partial charge on any atom is -0.349 e. The molecule has 0 aromatic heterocycles. The second kappa shape index (κ2) is 7.25. The predicted molar refractivity (Wildman–Crippen MR) is 96.4 cm³/mol. The van der Waals surface area contributed by atoms with Crippen molar-refractivity contribution >= 4 is 31.7 Å². The number of carbonyl (C=O) groups is 1. The Balaban J connectivity index is 1.67. The number of aryl methyl sites for hydroxylation is 1. The monoisotopic (exact) mass is 425 g/mol. The van der Waals surface area contributed by atoms with Crippen molar-refractivity contribution < 1.29 is 17.6 Å². The zero-order valence-electron chi connectivity index (χ0n) is 13.3. The Kier molecular flexibility index (Phi) is 5.24. The average Bonchev–Trinajstić information content (AvgIpc) is 2.57. The van der Waals surface area contributed by atoms with Crippen LogP contribution in [0.15, 0.2) is 51.8 Å². The van der Waals surface area contributed by atoms with E-state index in [1.165, 1.54) is 6.07 Å². The van der Waals surface area contributed by atoms with Gasteiger partial charge in [-0.15, -0.1) is 0 Å². The molecule has 1 N–H and O–H groups in total. The molecule has 3 rings (SSSR count). The summed E-state index contributed by atoms with van der Waals surface area (Å²) in [6, 6.07) is 11.2. The van der Waals surface area contributed by atoms with Gasteiger partial charge in [0, 0.05) is 10.9 Å². The number of sulfone groups is 1. The van der Waals surface area contributed by atoms with Gasteiger partial charge in [0.2, 0.25) is 5.91 Å². The average molecular weight is 426 g/mol. The highest BCUT2D eigenvalue weighted by molar-refractivity contribution is 9.10. The van der Waals surface area contributed by atoms with Crippen molar-refractivity contribution in [2.45, 2.75) is 30.2 Å². The number of amides is 1. The molecule has 0 saturated heterocycles. The fraction of sp³-hybridized carbons (Fsp3) is 0.278. The van der Waals surface area contributed by atoms with Crippen LogP contribution in [0.2, 0.25) is 0 Å². The smallest absolute Gasteiger partial charge is 0.220 e. The van der Waals surface area contributed by atoms with Crippen molar-refractivity contribution in [2.75, 3.05) is 5.75 Å². The summed E-state index contributed by atoms with van der Waals surface area (Å²) in [5.41, 5.74) is 1.10. The summed E-state index contributed by atoms with van der Waals surface area (Å²) in [5.74, 6) is -0.561. The molecule has 4 nitrogen and oxygen atoms in total. The van der Waals surface area contributed by atoms with Crippen LogP contribution in [-0.4, -0.2) is 20.1 Å². The van der Waals surface area contributed by atoms with Crippen molar-refractivity contribution in [2.24, 2.45) is 0 Å². The van der Waals surface area contributed by atoms with E-state index in [1.54, 1.807) is 36.4 Å². The third-order valence-electron chi connectivity index (χ3n) is 4.28. The van der Waals surface area contributed by atoms with Crippen LogP contribution in [0, 0.1) is 5.82 Å². The maximum Gasteiger partial charge on any atom is 0.220 e. The topological polar surface area (TPSA) is 63.2 Å². The Morgan fingerprint density at radius 3 is 2.76 bits per heavy atom. The lowest BCUT2D eigenvalue weighted by Crippen LogP contribution is -2.34. The molecule has 25 heavy (non-hydrogen) atoms. The number of nitrogens with one attached hydrogen (secondary N) is 1. The first-order valence-corrected chi connectivity index (χ1v) is 10.4. The summed E-state index contributed by atoms with van der Waals surface area (Å²) < 4.78 is 38.7.